The van der Waals surface area contributed by atoms with E-state index < -0.39 is 0 Å². The molecule has 1 aromatic rings. The van der Waals surface area contributed by atoms with E-state index in [1.807, 2.05) is 7.11 Å². The molecule has 0 spiro atoms. The lowest BCUT2D eigenvalue weighted by Gasteiger charge is -2.28. The summed E-state index contributed by atoms with van der Waals surface area (Å²) in [5.41, 5.74) is 4.41. The minimum Gasteiger partial charge on any atom is -0.489 e. The van der Waals surface area contributed by atoms with Crippen LogP contribution in [-0.2, 0) is 4.74 Å². The Balaban J connectivity index is 1.54. The molecule has 1 saturated carbocycles. The molecular weight excluding hydrogens is 308 g/mol. The standard InChI is InChI=1S/C23H32O2/c1-17-13-18(15-23(2,3)14-17)16-25-22-11-7-20(8-12-22)19-5-9-21(24-4)10-6-19/h7-8,11-14,19,21H,5-6,9-10,15-16H2,1-4H3. The summed E-state index contributed by atoms with van der Waals surface area (Å²) in [6.45, 7) is 7.44. The number of methoxy groups -OCH3 is 1. The summed E-state index contributed by atoms with van der Waals surface area (Å²) in [6, 6.07) is 8.76. The van der Waals surface area contributed by atoms with E-state index in [-0.39, 0.29) is 5.41 Å². The van der Waals surface area contributed by atoms with Gasteiger partial charge in [0.05, 0.1) is 6.10 Å². The first-order valence-corrected chi connectivity index (χ1v) is 9.60. The van der Waals surface area contributed by atoms with E-state index in [1.54, 1.807) is 0 Å². The average Bonchev–Trinajstić information content (AvgIpc) is 2.59. The zero-order valence-electron chi connectivity index (χ0n) is 16.2. The van der Waals surface area contributed by atoms with Crippen molar-refractivity contribution >= 4 is 0 Å². The Morgan fingerprint density at radius 3 is 2.32 bits per heavy atom. The van der Waals surface area contributed by atoms with Gasteiger partial charge >= 0.3 is 0 Å². The van der Waals surface area contributed by atoms with Gasteiger partial charge in [-0.2, -0.15) is 0 Å². The summed E-state index contributed by atoms with van der Waals surface area (Å²) in [7, 11) is 1.83. The summed E-state index contributed by atoms with van der Waals surface area (Å²) in [4.78, 5) is 0. The molecule has 2 aliphatic rings. The smallest absolute Gasteiger partial charge is 0.119 e. The second-order valence-corrected chi connectivity index (χ2v) is 8.42. The molecule has 0 atom stereocenters. The third-order valence-corrected chi connectivity index (χ3v) is 5.52. The minimum atomic E-state index is 0.239. The summed E-state index contributed by atoms with van der Waals surface area (Å²) >= 11 is 0. The molecule has 0 aromatic heterocycles. The number of hydrogen-bond acceptors (Lipinski definition) is 2. The summed E-state index contributed by atoms with van der Waals surface area (Å²) in [6.07, 6.45) is 11.0. The van der Waals surface area contributed by atoms with Crippen molar-refractivity contribution in [2.75, 3.05) is 13.7 Å². The Hall–Kier alpha value is -1.54. The zero-order valence-corrected chi connectivity index (χ0v) is 16.2. The maximum absolute atomic E-state index is 6.05. The van der Waals surface area contributed by atoms with Gasteiger partial charge in [0.1, 0.15) is 12.4 Å². The summed E-state index contributed by atoms with van der Waals surface area (Å²) in [5, 5.41) is 0. The van der Waals surface area contributed by atoms with Crippen LogP contribution in [0, 0.1) is 5.41 Å². The number of hydrogen-bond donors (Lipinski definition) is 0. The Labute approximate surface area is 152 Å². The third-order valence-electron chi connectivity index (χ3n) is 5.52. The van der Waals surface area contributed by atoms with E-state index in [4.69, 9.17) is 9.47 Å². The monoisotopic (exact) mass is 340 g/mol. The highest BCUT2D eigenvalue weighted by Gasteiger charge is 2.22. The lowest BCUT2D eigenvalue weighted by atomic mass is 9.80. The molecule has 0 aliphatic heterocycles. The first-order chi connectivity index (χ1) is 11.9. The Kier molecular flexibility index (Phi) is 5.68. The molecule has 0 amide bonds. The zero-order chi connectivity index (χ0) is 17.9. The second kappa shape index (κ2) is 7.78. The highest BCUT2D eigenvalue weighted by Crippen LogP contribution is 2.35. The number of ether oxygens (including phenoxy) is 2. The van der Waals surface area contributed by atoms with E-state index in [0.717, 1.165) is 12.2 Å². The molecule has 3 rings (SSSR count). The minimum absolute atomic E-state index is 0.239. The fourth-order valence-electron chi connectivity index (χ4n) is 4.40. The van der Waals surface area contributed by atoms with Crippen LogP contribution in [0.1, 0.15) is 64.4 Å². The van der Waals surface area contributed by atoms with Crippen LogP contribution in [0.5, 0.6) is 5.75 Å². The fourth-order valence-corrected chi connectivity index (χ4v) is 4.40. The predicted molar refractivity (Wildman–Crippen MR) is 104 cm³/mol. The van der Waals surface area contributed by atoms with Crippen LogP contribution in [-0.4, -0.2) is 19.8 Å². The van der Waals surface area contributed by atoms with Crippen LogP contribution in [0.25, 0.3) is 0 Å². The number of benzene rings is 1. The highest BCUT2D eigenvalue weighted by molar-refractivity contribution is 5.33. The van der Waals surface area contributed by atoms with E-state index in [2.05, 4.69) is 57.2 Å². The van der Waals surface area contributed by atoms with E-state index in [0.29, 0.717) is 18.6 Å². The van der Waals surface area contributed by atoms with Crippen LogP contribution in [0.4, 0.5) is 0 Å². The SMILES string of the molecule is COC1CCC(c2ccc(OCC3=CC(C)=CC(C)(C)C3)cc2)CC1. The highest BCUT2D eigenvalue weighted by atomic mass is 16.5. The van der Waals surface area contributed by atoms with Crippen molar-refractivity contribution < 1.29 is 9.47 Å². The molecule has 0 saturated heterocycles. The summed E-state index contributed by atoms with van der Waals surface area (Å²) in [5.74, 6) is 1.65. The van der Waals surface area contributed by atoms with Crippen molar-refractivity contribution in [1.82, 2.24) is 0 Å². The normalized spacial score (nSPS) is 25.9. The van der Waals surface area contributed by atoms with Gasteiger partial charge < -0.3 is 9.47 Å². The van der Waals surface area contributed by atoms with Gasteiger partial charge in [-0.25, -0.2) is 0 Å². The molecule has 2 heteroatoms. The van der Waals surface area contributed by atoms with Crippen LogP contribution in [0.2, 0.25) is 0 Å². The van der Waals surface area contributed by atoms with Crippen LogP contribution in [0.15, 0.2) is 47.6 Å². The van der Waals surface area contributed by atoms with Gasteiger partial charge in [0.2, 0.25) is 0 Å². The topological polar surface area (TPSA) is 18.5 Å². The molecule has 0 bridgehead atoms. The van der Waals surface area contributed by atoms with Crippen molar-refractivity contribution in [2.24, 2.45) is 5.41 Å². The Morgan fingerprint density at radius 2 is 1.72 bits per heavy atom. The van der Waals surface area contributed by atoms with Crippen LogP contribution in [0.3, 0.4) is 0 Å². The lowest BCUT2D eigenvalue weighted by molar-refractivity contribution is 0.0658. The third kappa shape index (κ3) is 4.98. The fraction of sp³-hybridized carbons (Fsp3) is 0.565. The molecular formula is C23H32O2. The Morgan fingerprint density at radius 1 is 1.04 bits per heavy atom. The van der Waals surface area contributed by atoms with Gasteiger partial charge in [0, 0.05) is 7.11 Å². The number of rotatable bonds is 5. The van der Waals surface area contributed by atoms with Crippen LogP contribution >= 0.6 is 0 Å². The molecule has 1 fully saturated rings. The van der Waals surface area contributed by atoms with Gasteiger partial charge in [0.25, 0.3) is 0 Å². The molecule has 0 radical (unpaired) electrons. The first-order valence-electron chi connectivity index (χ1n) is 9.60. The quantitative estimate of drug-likeness (QED) is 0.650. The van der Waals surface area contributed by atoms with Gasteiger partial charge in [-0.05, 0) is 73.6 Å². The summed E-state index contributed by atoms with van der Waals surface area (Å²) < 4.78 is 11.5. The van der Waals surface area contributed by atoms with Crippen molar-refractivity contribution in [3.63, 3.8) is 0 Å². The molecule has 136 valence electrons. The number of allylic oxidation sites excluding steroid dienone is 3. The van der Waals surface area contributed by atoms with Gasteiger partial charge in [-0.15, -0.1) is 0 Å². The van der Waals surface area contributed by atoms with E-state index >= 15 is 0 Å². The second-order valence-electron chi connectivity index (χ2n) is 8.42. The van der Waals surface area contributed by atoms with E-state index in [9.17, 15) is 0 Å². The molecule has 1 aromatic carbocycles. The van der Waals surface area contributed by atoms with Crippen LogP contribution < -0.4 is 4.74 Å². The van der Waals surface area contributed by atoms with Gasteiger partial charge in [0.15, 0.2) is 0 Å². The molecule has 0 heterocycles. The largest absolute Gasteiger partial charge is 0.489 e. The van der Waals surface area contributed by atoms with Crippen molar-refractivity contribution in [1.29, 1.82) is 0 Å². The van der Waals surface area contributed by atoms with Crippen molar-refractivity contribution in [3.8, 4) is 5.75 Å². The van der Waals surface area contributed by atoms with Gasteiger partial charge in [-0.1, -0.05) is 43.7 Å². The molecule has 2 nitrogen and oxygen atoms in total. The van der Waals surface area contributed by atoms with E-state index in [1.165, 1.54) is 42.4 Å². The molecule has 2 aliphatic carbocycles. The lowest BCUT2D eigenvalue weighted by Crippen LogP contribution is -2.19. The predicted octanol–water partition coefficient (Wildman–Crippen LogP) is 6.04. The Bertz CT molecular complexity index is 629. The maximum Gasteiger partial charge on any atom is 0.119 e. The van der Waals surface area contributed by atoms with Gasteiger partial charge in [-0.3, -0.25) is 0 Å². The first kappa shape index (κ1) is 18.3. The molecule has 0 N–H and O–H groups in total. The maximum atomic E-state index is 6.05. The van der Waals surface area contributed by atoms with Crippen molar-refractivity contribution in [3.05, 3.63) is 53.1 Å². The molecule has 0 unspecified atom stereocenters. The molecule has 25 heavy (non-hydrogen) atoms. The average molecular weight is 341 g/mol. The van der Waals surface area contributed by atoms with Crippen molar-refractivity contribution in [2.45, 2.75) is 64.9 Å².